The second-order valence-corrected chi connectivity index (χ2v) is 6.39. The van der Waals surface area contributed by atoms with Crippen molar-refractivity contribution in [3.63, 3.8) is 0 Å². The van der Waals surface area contributed by atoms with Crippen LogP contribution in [0.25, 0.3) is 0 Å². The van der Waals surface area contributed by atoms with Gasteiger partial charge in [0.15, 0.2) is 6.61 Å². The van der Waals surface area contributed by atoms with Crippen molar-refractivity contribution < 1.29 is 23.9 Å². The van der Waals surface area contributed by atoms with Gasteiger partial charge in [0.2, 0.25) is 0 Å². The number of rotatable bonds is 5. The first-order valence-corrected chi connectivity index (χ1v) is 8.62. The molecule has 142 valence electrons. The van der Waals surface area contributed by atoms with E-state index in [2.05, 4.69) is 5.32 Å². The highest BCUT2D eigenvalue weighted by Gasteiger charge is 2.25. The smallest absolute Gasteiger partial charge is 0.338 e. The second-order valence-electron chi connectivity index (χ2n) is 5.98. The lowest BCUT2D eigenvalue weighted by molar-refractivity contribution is -0.120. The zero-order valence-corrected chi connectivity index (χ0v) is 15.5. The molecule has 8 heteroatoms. The van der Waals surface area contributed by atoms with Crippen LogP contribution in [0.15, 0.2) is 54.6 Å². The van der Waals surface area contributed by atoms with Crippen LogP contribution in [0.2, 0.25) is 5.02 Å². The highest BCUT2D eigenvalue weighted by Crippen LogP contribution is 2.21. The van der Waals surface area contributed by atoms with E-state index in [0.29, 0.717) is 10.7 Å². The van der Waals surface area contributed by atoms with Gasteiger partial charge in [-0.1, -0.05) is 17.7 Å². The van der Waals surface area contributed by atoms with Crippen molar-refractivity contribution in [2.75, 3.05) is 16.8 Å². The Kier molecular flexibility index (Phi) is 5.56. The number of esters is 1. The monoisotopic (exact) mass is 398 g/mol. The van der Waals surface area contributed by atoms with Gasteiger partial charge in [-0.15, -0.1) is 0 Å². The molecular formula is C20H15ClN2O5. The number of hydrogen-bond donors (Lipinski definition) is 1. The van der Waals surface area contributed by atoms with Gasteiger partial charge in [-0.25, -0.2) is 9.69 Å². The quantitative estimate of drug-likeness (QED) is 0.617. The number of anilines is 2. The first-order valence-electron chi connectivity index (χ1n) is 8.24. The third-order valence-electron chi connectivity index (χ3n) is 3.93. The molecule has 1 aliphatic rings. The Balaban J connectivity index is 1.61. The fraction of sp³-hybridized carbons (Fsp3) is 0.100. The number of nitrogens with zero attached hydrogens (tertiary/aromatic N) is 1. The van der Waals surface area contributed by atoms with Gasteiger partial charge in [-0.3, -0.25) is 14.4 Å². The Labute approximate surface area is 165 Å². The first-order chi connectivity index (χ1) is 13.3. The summed E-state index contributed by atoms with van der Waals surface area (Å²) in [5.74, 6) is -2.25. The fourth-order valence-corrected chi connectivity index (χ4v) is 2.68. The van der Waals surface area contributed by atoms with Gasteiger partial charge in [-0.05, 0) is 48.9 Å². The minimum atomic E-state index is -0.753. The molecule has 0 aromatic heterocycles. The van der Waals surface area contributed by atoms with Crippen molar-refractivity contribution in [3.05, 3.63) is 70.8 Å². The number of aryl methyl sites for hydroxylation is 1. The summed E-state index contributed by atoms with van der Waals surface area (Å²) in [6.45, 7) is 1.31. The summed E-state index contributed by atoms with van der Waals surface area (Å²) in [5, 5.41) is 3.18. The van der Waals surface area contributed by atoms with E-state index in [0.717, 1.165) is 22.6 Å². The Morgan fingerprint density at radius 1 is 1.07 bits per heavy atom. The van der Waals surface area contributed by atoms with Gasteiger partial charge in [0.05, 0.1) is 11.3 Å². The molecule has 0 saturated heterocycles. The largest absolute Gasteiger partial charge is 0.452 e. The van der Waals surface area contributed by atoms with Crippen LogP contribution in [0.1, 0.15) is 15.9 Å². The van der Waals surface area contributed by atoms with Gasteiger partial charge >= 0.3 is 5.97 Å². The van der Waals surface area contributed by atoms with Crippen LogP contribution in [0.5, 0.6) is 0 Å². The lowest BCUT2D eigenvalue weighted by Gasteiger charge is -2.14. The van der Waals surface area contributed by atoms with Crippen LogP contribution < -0.4 is 10.2 Å². The summed E-state index contributed by atoms with van der Waals surface area (Å²) < 4.78 is 5.01. The molecule has 0 radical (unpaired) electrons. The first kappa shape index (κ1) is 19.3. The molecule has 2 aromatic rings. The number of imide groups is 1. The molecule has 1 heterocycles. The Morgan fingerprint density at radius 3 is 2.46 bits per heavy atom. The maximum atomic E-state index is 12.2. The van der Waals surface area contributed by atoms with Gasteiger partial charge in [0.25, 0.3) is 17.7 Å². The van der Waals surface area contributed by atoms with Crippen molar-refractivity contribution in [2.24, 2.45) is 0 Å². The van der Waals surface area contributed by atoms with E-state index in [1.165, 1.54) is 24.3 Å². The van der Waals surface area contributed by atoms with E-state index in [9.17, 15) is 19.2 Å². The summed E-state index contributed by atoms with van der Waals surface area (Å²) in [5.41, 5.74) is 1.69. The predicted molar refractivity (Wildman–Crippen MR) is 103 cm³/mol. The lowest BCUT2D eigenvalue weighted by atomic mass is 10.2. The van der Waals surface area contributed by atoms with Crippen LogP contribution in [-0.2, 0) is 19.1 Å². The number of carbonyl (C=O) groups is 4. The van der Waals surface area contributed by atoms with Gasteiger partial charge in [0.1, 0.15) is 0 Å². The van der Waals surface area contributed by atoms with Crippen molar-refractivity contribution in [1.82, 2.24) is 0 Å². The number of carbonyl (C=O) groups excluding carboxylic acids is 4. The SMILES string of the molecule is Cc1cc(NC(=O)COC(=O)c2cccc(N3C(=O)C=CC3=O)c2)ccc1Cl. The standard InChI is InChI=1S/C20H15ClN2O5/c1-12-9-14(5-6-16(12)21)22-17(24)11-28-20(27)13-3-2-4-15(10-13)23-18(25)7-8-19(23)26/h2-10H,11H2,1H3,(H,22,24). The average Bonchev–Trinajstić information content (AvgIpc) is 3.01. The average molecular weight is 399 g/mol. The van der Waals surface area contributed by atoms with Crippen molar-refractivity contribution in [1.29, 1.82) is 0 Å². The Bertz CT molecular complexity index is 997. The predicted octanol–water partition coefficient (Wildman–Crippen LogP) is 2.87. The number of halogens is 1. The molecule has 1 N–H and O–H groups in total. The van der Waals surface area contributed by atoms with Gasteiger partial charge in [-0.2, -0.15) is 0 Å². The maximum Gasteiger partial charge on any atom is 0.338 e. The van der Waals surface area contributed by atoms with E-state index in [4.69, 9.17) is 16.3 Å². The van der Waals surface area contributed by atoms with Crippen molar-refractivity contribution >= 4 is 46.7 Å². The molecule has 0 atom stereocenters. The highest BCUT2D eigenvalue weighted by molar-refractivity contribution is 6.31. The zero-order chi connectivity index (χ0) is 20.3. The number of benzene rings is 2. The summed E-state index contributed by atoms with van der Waals surface area (Å²) in [6, 6.07) is 10.8. The van der Waals surface area contributed by atoms with Gasteiger partial charge < -0.3 is 10.1 Å². The molecule has 0 unspecified atom stereocenters. The van der Waals surface area contributed by atoms with E-state index in [1.54, 1.807) is 25.1 Å². The lowest BCUT2D eigenvalue weighted by Crippen LogP contribution is -2.29. The summed E-state index contributed by atoms with van der Waals surface area (Å²) in [4.78, 5) is 48.6. The van der Waals surface area contributed by atoms with Crippen molar-refractivity contribution in [2.45, 2.75) is 6.92 Å². The summed E-state index contributed by atoms with van der Waals surface area (Å²) in [7, 11) is 0. The molecule has 2 aromatic carbocycles. The van der Waals surface area contributed by atoms with E-state index >= 15 is 0 Å². The molecule has 0 spiro atoms. The molecule has 0 aliphatic carbocycles. The van der Waals surface area contributed by atoms with E-state index in [-0.39, 0.29) is 11.3 Å². The second kappa shape index (κ2) is 8.06. The molecular weight excluding hydrogens is 384 g/mol. The van der Waals surface area contributed by atoms with Crippen LogP contribution in [0, 0.1) is 6.92 Å². The number of amides is 3. The molecule has 3 amide bonds. The Morgan fingerprint density at radius 2 is 1.79 bits per heavy atom. The third-order valence-corrected chi connectivity index (χ3v) is 4.35. The summed E-state index contributed by atoms with van der Waals surface area (Å²) in [6.07, 6.45) is 2.30. The van der Waals surface area contributed by atoms with Crippen LogP contribution in [0.4, 0.5) is 11.4 Å². The normalized spacial score (nSPS) is 13.0. The minimum absolute atomic E-state index is 0.111. The van der Waals surface area contributed by atoms with Crippen LogP contribution in [-0.4, -0.2) is 30.3 Å². The number of nitrogens with one attached hydrogen (secondary N) is 1. The topological polar surface area (TPSA) is 92.8 Å². The molecule has 0 bridgehead atoms. The highest BCUT2D eigenvalue weighted by atomic mass is 35.5. The van der Waals surface area contributed by atoms with E-state index < -0.39 is 30.3 Å². The summed E-state index contributed by atoms with van der Waals surface area (Å²) >= 11 is 5.93. The Hall–Kier alpha value is -3.45. The maximum absolute atomic E-state index is 12.2. The molecule has 1 aliphatic heterocycles. The third kappa shape index (κ3) is 4.27. The van der Waals surface area contributed by atoms with Crippen molar-refractivity contribution in [3.8, 4) is 0 Å². The minimum Gasteiger partial charge on any atom is -0.452 e. The molecule has 7 nitrogen and oxygen atoms in total. The fourth-order valence-electron chi connectivity index (χ4n) is 2.56. The number of ether oxygens (including phenoxy) is 1. The zero-order valence-electron chi connectivity index (χ0n) is 14.8. The number of hydrogen-bond acceptors (Lipinski definition) is 5. The van der Waals surface area contributed by atoms with E-state index in [1.807, 2.05) is 0 Å². The molecule has 3 rings (SSSR count). The molecule has 28 heavy (non-hydrogen) atoms. The van der Waals surface area contributed by atoms with Crippen LogP contribution >= 0.6 is 11.6 Å². The van der Waals surface area contributed by atoms with Crippen LogP contribution in [0.3, 0.4) is 0 Å². The van der Waals surface area contributed by atoms with Gasteiger partial charge in [0, 0.05) is 22.9 Å². The molecule has 0 saturated carbocycles. The molecule has 0 fully saturated rings.